The van der Waals surface area contributed by atoms with E-state index in [4.69, 9.17) is 23.2 Å². The lowest BCUT2D eigenvalue weighted by Gasteiger charge is -2.34. The molecule has 1 aliphatic heterocycles. The van der Waals surface area contributed by atoms with E-state index < -0.39 is 17.2 Å². The zero-order chi connectivity index (χ0) is 24.4. The molecule has 0 bridgehead atoms. The number of amides is 1. The Kier molecular flexibility index (Phi) is 7.21. The molecule has 3 aromatic rings. The first-order valence-corrected chi connectivity index (χ1v) is 11.6. The molecule has 1 amide bonds. The van der Waals surface area contributed by atoms with Crippen molar-refractivity contribution in [2.24, 2.45) is 5.10 Å². The third kappa shape index (κ3) is 4.80. The van der Waals surface area contributed by atoms with Gasteiger partial charge in [-0.2, -0.15) is 5.10 Å². The predicted octanol–water partition coefficient (Wildman–Crippen LogP) is 3.98. The van der Waals surface area contributed by atoms with Crippen molar-refractivity contribution in [2.45, 2.75) is 13.5 Å². The third-order valence-corrected chi connectivity index (χ3v) is 6.60. The average Bonchev–Trinajstić information content (AvgIpc) is 2.82. The number of nitrogens with zero attached hydrogens (tertiary/aromatic N) is 4. The number of pyridine rings is 1. The quantitative estimate of drug-likeness (QED) is 0.422. The van der Waals surface area contributed by atoms with Crippen molar-refractivity contribution in [1.29, 1.82) is 0 Å². The Morgan fingerprint density at radius 1 is 1.18 bits per heavy atom. The van der Waals surface area contributed by atoms with Crippen LogP contribution in [0.2, 0.25) is 10.0 Å². The van der Waals surface area contributed by atoms with E-state index in [1.165, 1.54) is 18.5 Å². The van der Waals surface area contributed by atoms with Crippen LogP contribution in [0.5, 0.6) is 0 Å². The molecule has 10 heteroatoms. The summed E-state index contributed by atoms with van der Waals surface area (Å²) in [6.45, 7) is 5.44. The van der Waals surface area contributed by atoms with Gasteiger partial charge in [0.15, 0.2) is 0 Å². The second kappa shape index (κ2) is 10.1. The number of anilines is 1. The highest BCUT2D eigenvalue weighted by atomic mass is 35.5. The van der Waals surface area contributed by atoms with E-state index in [9.17, 15) is 9.59 Å². The van der Waals surface area contributed by atoms with E-state index in [1.807, 2.05) is 18.9 Å². The van der Waals surface area contributed by atoms with Crippen LogP contribution < -0.4 is 15.8 Å². The van der Waals surface area contributed by atoms with E-state index in [2.05, 4.69) is 15.4 Å². The van der Waals surface area contributed by atoms with Crippen LogP contribution >= 0.6 is 23.2 Å². The van der Waals surface area contributed by atoms with Crippen LogP contribution in [0.25, 0.3) is 10.9 Å². The SMILES string of the molecule is CCn1cc(C(=O)NN=Cc2c(Cl)cccc2Cl)c(=O)c2cc(F)c(N3CCN(C)CC3)cc21. The number of piperazine rings is 1. The highest BCUT2D eigenvalue weighted by Crippen LogP contribution is 2.26. The second-order valence-electron chi connectivity index (χ2n) is 8.10. The molecule has 1 aromatic heterocycles. The molecular weight excluding hydrogens is 480 g/mol. The van der Waals surface area contributed by atoms with Gasteiger partial charge in [0.1, 0.15) is 11.4 Å². The van der Waals surface area contributed by atoms with Crippen LogP contribution in [-0.2, 0) is 6.54 Å². The Bertz CT molecular complexity index is 1310. The van der Waals surface area contributed by atoms with E-state index in [-0.39, 0.29) is 10.9 Å². The Hall–Kier alpha value is -2.94. The first-order chi connectivity index (χ1) is 16.3. The number of benzene rings is 2. The molecule has 34 heavy (non-hydrogen) atoms. The number of hydrazone groups is 1. The molecule has 1 fully saturated rings. The number of carbonyl (C=O) groups excluding carboxylic acids is 1. The number of aromatic nitrogens is 1. The molecule has 1 aliphatic rings. The largest absolute Gasteiger partial charge is 0.367 e. The highest BCUT2D eigenvalue weighted by molar-refractivity contribution is 6.38. The van der Waals surface area contributed by atoms with Gasteiger partial charge in [0, 0.05) is 49.9 Å². The van der Waals surface area contributed by atoms with Gasteiger partial charge in [0.25, 0.3) is 5.91 Å². The van der Waals surface area contributed by atoms with Gasteiger partial charge in [-0.15, -0.1) is 0 Å². The summed E-state index contributed by atoms with van der Waals surface area (Å²) in [6.07, 6.45) is 2.79. The minimum atomic E-state index is -0.711. The number of aryl methyl sites for hydroxylation is 1. The second-order valence-corrected chi connectivity index (χ2v) is 8.92. The summed E-state index contributed by atoms with van der Waals surface area (Å²) in [6, 6.07) is 7.90. The Balaban J connectivity index is 1.67. The fraction of sp³-hybridized carbons (Fsp3) is 0.292. The van der Waals surface area contributed by atoms with Crippen molar-refractivity contribution >= 4 is 51.9 Å². The summed E-state index contributed by atoms with van der Waals surface area (Å²) in [5.74, 6) is -1.20. The number of carbonyl (C=O) groups is 1. The number of fused-ring (bicyclic) bond motifs is 1. The fourth-order valence-corrected chi connectivity index (χ4v) is 4.46. The molecule has 0 atom stereocenters. The van der Waals surface area contributed by atoms with Gasteiger partial charge in [0.2, 0.25) is 5.43 Å². The van der Waals surface area contributed by atoms with Gasteiger partial charge in [-0.3, -0.25) is 9.59 Å². The van der Waals surface area contributed by atoms with Crippen LogP contribution in [0, 0.1) is 5.82 Å². The lowest BCUT2D eigenvalue weighted by molar-refractivity contribution is 0.0953. The normalized spacial score (nSPS) is 14.8. The predicted molar refractivity (Wildman–Crippen MR) is 135 cm³/mol. The fourth-order valence-electron chi connectivity index (χ4n) is 3.96. The number of nitrogens with one attached hydrogen (secondary N) is 1. The van der Waals surface area contributed by atoms with Gasteiger partial charge in [-0.05, 0) is 38.2 Å². The van der Waals surface area contributed by atoms with Crippen LogP contribution in [0.3, 0.4) is 0 Å². The molecule has 1 saturated heterocycles. The maximum absolute atomic E-state index is 15.1. The van der Waals surface area contributed by atoms with Gasteiger partial charge in [-0.1, -0.05) is 29.3 Å². The number of hydrogen-bond acceptors (Lipinski definition) is 5. The molecule has 7 nitrogen and oxygen atoms in total. The van der Waals surface area contributed by atoms with Crippen LogP contribution in [-0.4, -0.2) is 54.8 Å². The molecule has 1 N–H and O–H groups in total. The summed E-state index contributed by atoms with van der Waals surface area (Å²) in [5, 5.41) is 4.77. The molecule has 0 unspecified atom stereocenters. The zero-order valence-electron chi connectivity index (χ0n) is 18.8. The third-order valence-electron chi connectivity index (χ3n) is 5.94. The van der Waals surface area contributed by atoms with E-state index in [0.29, 0.717) is 46.4 Å². The molecule has 0 aliphatic carbocycles. The van der Waals surface area contributed by atoms with Crippen molar-refractivity contribution < 1.29 is 9.18 Å². The average molecular weight is 504 g/mol. The zero-order valence-corrected chi connectivity index (χ0v) is 20.3. The topological polar surface area (TPSA) is 69.9 Å². The Morgan fingerprint density at radius 3 is 2.50 bits per heavy atom. The monoisotopic (exact) mass is 503 g/mol. The standard InChI is InChI=1S/C24H24Cl2FN5O2/c1-3-31-14-17(24(34)29-28-13-16-18(25)5-4-6-19(16)26)23(33)15-11-20(27)22(12-21(15)31)32-9-7-30(2)8-10-32/h4-6,11-14H,3,7-10H2,1-2H3,(H,29,34). The van der Waals surface area contributed by atoms with Gasteiger partial charge >= 0.3 is 0 Å². The maximum Gasteiger partial charge on any atom is 0.276 e. The van der Waals surface area contributed by atoms with E-state index in [1.54, 1.807) is 28.8 Å². The minimum Gasteiger partial charge on any atom is -0.367 e. The van der Waals surface area contributed by atoms with Crippen molar-refractivity contribution in [3.05, 3.63) is 73.7 Å². The lowest BCUT2D eigenvalue weighted by atomic mass is 10.1. The molecular formula is C24H24Cl2FN5O2. The Labute approximate surface area is 206 Å². The van der Waals surface area contributed by atoms with Gasteiger partial charge < -0.3 is 14.4 Å². The summed E-state index contributed by atoms with van der Waals surface area (Å²) in [5.41, 5.74) is 3.11. The first kappa shape index (κ1) is 24.2. The number of rotatable bonds is 5. The molecule has 2 heterocycles. The van der Waals surface area contributed by atoms with Gasteiger partial charge in [0.05, 0.1) is 27.5 Å². The van der Waals surface area contributed by atoms with Gasteiger partial charge in [-0.25, -0.2) is 9.82 Å². The summed E-state index contributed by atoms with van der Waals surface area (Å²) in [7, 11) is 2.03. The minimum absolute atomic E-state index is 0.136. The number of halogens is 3. The van der Waals surface area contributed by atoms with Crippen molar-refractivity contribution in [2.75, 3.05) is 38.1 Å². The Morgan fingerprint density at radius 2 is 1.85 bits per heavy atom. The molecule has 0 saturated carbocycles. The van der Waals surface area contributed by atoms with Crippen LogP contribution in [0.15, 0.2) is 46.4 Å². The first-order valence-electron chi connectivity index (χ1n) is 10.9. The molecule has 0 radical (unpaired) electrons. The van der Waals surface area contributed by atoms with Crippen LogP contribution in [0.4, 0.5) is 10.1 Å². The molecule has 0 spiro atoms. The number of hydrogen-bond donors (Lipinski definition) is 1. The maximum atomic E-state index is 15.1. The van der Waals surface area contributed by atoms with E-state index in [0.717, 1.165) is 13.1 Å². The summed E-state index contributed by atoms with van der Waals surface area (Å²) < 4.78 is 16.8. The van der Waals surface area contributed by atoms with Crippen LogP contribution in [0.1, 0.15) is 22.8 Å². The summed E-state index contributed by atoms with van der Waals surface area (Å²) in [4.78, 5) is 30.0. The van der Waals surface area contributed by atoms with Crippen molar-refractivity contribution in [1.82, 2.24) is 14.9 Å². The molecule has 178 valence electrons. The number of likely N-dealkylation sites (N-methyl/N-ethyl adjacent to an activating group) is 1. The van der Waals surface area contributed by atoms with Crippen molar-refractivity contribution in [3.63, 3.8) is 0 Å². The van der Waals surface area contributed by atoms with Crippen molar-refractivity contribution in [3.8, 4) is 0 Å². The van der Waals surface area contributed by atoms with E-state index >= 15 is 4.39 Å². The lowest BCUT2D eigenvalue weighted by Crippen LogP contribution is -2.44. The molecule has 4 rings (SSSR count). The smallest absolute Gasteiger partial charge is 0.276 e. The summed E-state index contributed by atoms with van der Waals surface area (Å²) >= 11 is 12.2. The molecule has 2 aromatic carbocycles. The highest BCUT2D eigenvalue weighted by Gasteiger charge is 2.21.